The first-order valence-corrected chi connectivity index (χ1v) is 6.86. The number of rotatable bonds is 3. The van der Waals surface area contributed by atoms with Gasteiger partial charge >= 0.3 is 0 Å². The molecule has 0 atom stereocenters. The SMILES string of the molecule is CC(C)(C)c1nnsc1C(=O)Cc1ccc(F)c(F)c1. The number of ketones is 1. The maximum Gasteiger partial charge on any atom is 0.180 e. The fraction of sp³-hybridized carbons (Fsp3) is 0.357. The van der Waals surface area contributed by atoms with Crippen LogP contribution in [0.2, 0.25) is 0 Å². The number of aromatic nitrogens is 2. The van der Waals surface area contributed by atoms with Gasteiger partial charge in [-0.1, -0.05) is 31.3 Å². The molecule has 0 amide bonds. The van der Waals surface area contributed by atoms with Crippen LogP contribution in [-0.2, 0) is 11.8 Å². The molecule has 3 nitrogen and oxygen atoms in total. The molecule has 1 aromatic carbocycles. The standard InChI is InChI=1S/C14H14F2N2OS/c1-14(2,3)13-12(20-18-17-13)11(19)7-8-4-5-9(15)10(16)6-8/h4-6H,7H2,1-3H3. The van der Waals surface area contributed by atoms with Crippen molar-refractivity contribution in [2.45, 2.75) is 32.6 Å². The third kappa shape index (κ3) is 3.07. The van der Waals surface area contributed by atoms with Gasteiger partial charge in [-0.15, -0.1) is 5.10 Å². The Labute approximate surface area is 119 Å². The second-order valence-corrected chi connectivity index (χ2v) is 6.30. The van der Waals surface area contributed by atoms with E-state index in [-0.39, 0.29) is 17.6 Å². The number of carbonyl (C=O) groups excluding carboxylic acids is 1. The number of nitrogens with zero attached hydrogens (tertiary/aromatic N) is 2. The topological polar surface area (TPSA) is 42.9 Å². The van der Waals surface area contributed by atoms with E-state index in [9.17, 15) is 13.6 Å². The van der Waals surface area contributed by atoms with Crippen LogP contribution in [0.3, 0.4) is 0 Å². The van der Waals surface area contributed by atoms with E-state index in [2.05, 4.69) is 9.59 Å². The van der Waals surface area contributed by atoms with Crippen molar-refractivity contribution < 1.29 is 13.6 Å². The summed E-state index contributed by atoms with van der Waals surface area (Å²) in [6, 6.07) is 3.47. The van der Waals surface area contributed by atoms with Crippen molar-refractivity contribution in [3.63, 3.8) is 0 Å². The first-order chi connectivity index (χ1) is 9.29. The number of benzene rings is 1. The van der Waals surface area contributed by atoms with Crippen molar-refractivity contribution in [3.8, 4) is 0 Å². The molecule has 0 bridgehead atoms. The van der Waals surface area contributed by atoms with E-state index < -0.39 is 11.6 Å². The van der Waals surface area contributed by atoms with Gasteiger partial charge in [-0.2, -0.15) is 0 Å². The third-order valence-corrected chi connectivity index (χ3v) is 3.57. The van der Waals surface area contributed by atoms with Crippen molar-refractivity contribution in [1.29, 1.82) is 0 Å². The summed E-state index contributed by atoms with van der Waals surface area (Å²) in [6.07, 6.45) is 0.00412. The summed E-state index contributed by atoms with van der Waals surface area (Å²) in [7, 11) is 0. The lowest BCUT2D eigenvalue weighted by Gasteiger charge is -2.15. The van der Waals surface area contributed by atoms with Crippen molar-refractivity contribution in [1.82, 2.24) is 9.59 Å². The summed E-state index contributed by atoms with van der Waals surface area (Å²) >= 11 is 1.03. The Morgan fingerprint density at radius 3 is 2.55 bits per heavy atom. The molecule has 6 heteroatoms. The molecule has 20 heavy (non-hydrogen) atoms. The molecule has 1 heterocycles. The largest absolute Gasteiger partial charge is 0.293 e. The van der Waals surface area contributed by atoms with Crippen LogP contribution in [0.1, 0.15) is 41.7 Å². The van der Waals surface area contributed by atoms with Gasteiger partial charge in [0.2, 0.25) is 0 Å². The van der Waals surface area contributed by atoms with Gasteiger partial charge in [-0.05, 0) is 29.2 Å². The zero-order valence-corrected chi connectivity index (χ0v) is 12.2. The molecule has 0 saturated heterocycles. The minimum Gasteiger partial charge on any atom is -0.293 e. The van der Waals surface area contributed by atoms with Gasteiger partial charge in [0.1, 0.15) is 4.88 Å². The summed E-state index contributed by atoms with van der Waals surface area (Å²) in [6.45, 7) is 5.83. The molecule has 0 unspecified atom stereocenters. The lowest BCUT2D eigenvalue weighted by molar-refractivity contribution is 0.0994. The minimum absolute atomic E-state index is 0.00412. The molecular weight excluding hydrogens is 282 g/mol. The molecule has 0 aliphatic rings. The van der Waals surface area contributed by atoms with Crippen LogP contribution in [0.25, 0.3) is 0 Å². The highest BCUT2D eigenvalue weighted by molar-refractivity contribution is 7.08. The van der Waals surface area contributed by atoms with E-state index in [0.29, 0.717) is 16.1 Å². The smallest absolute Gasteiger partial charge is 0.180 e. The monoisotopic (exact) mass is 296 g/mol. The molecular formula is C14H14F2N2OS. The van der Waals surface area contributed by atoms with E-state index in [0.717, 1.165) is 23.7 Å². The Hall–Kier alpha value is -1.69. The zero-order valence-electron chi connectivity index (χ0n) is 11.4. The second kappa shape index (κ2) is 5.36. The number of halogens is 2. The Morgan fingerprint density at radius 1 is 1.25 bits per heavy atom. The van der Waals surface area contributed by atoms with Crippen LogP contribution in [-0.4, -0.2) is 15.4 Å². The molecule has 0 radical (unpaired) electrons. The van der Waals surface area contributed by atoms with Crippen molar-refractivity contribution >= 4 is 17.3 Å². The molecule has 0 saturated carbocycles. The number of hydrogen-bond donors (Lipinski definition) is 0. The van der Waals surface area contributed by atoms with Crippen LogP contribution in [0, 0.1) is 11.6 Å². The summed E-state index contributed by atoms with van der Waals surface area (Å²) in [4.78, 5) is 12.7. The Bertz CT molecular complexity index is 647. The van der Waals surface area contributed by atoms with E-state index >= 15 is 0 Å². The molecule has 0 aliphatic heterocycles. The van der Waals surface area contributed by atoms with Gasteiger partial charge in [-0.3, -0.25) is 4.79 Å². The molecule has 0 N–H and O–H groups in total. The summed E-state index contributed by atoms with van der Waals surface area (Å²) in [5.41, 5.74) is 0.781. The van der Waals surface area contributed by atoms with Crippen molar-refractivity contribution in [3.05, 3.63) is 46.0 Å². The average molecular weight is 296 g/mol. The van der Waals surface area contributed by atoms with Crippen molar-refractivity contribution in [2.75, 3.05) is 0 Å². The molecule has 0 aliphatic carbocycles. The zero-order chi connectivity index (χ0) is 14.9. The van der Waals surface area contributed by atoms with Gasteiger partial charge in [0.15, 0.2) is 17.4 Å². The highest BCUT2D eigenvalue weighted by atomic mass is 32.1. The summed E-state index contributed by atoms with van der Waals surface area (Å²) < 4.78 is 29.8. The van der Waals surface area contributed by atoms with Gasteiger partial charge in [0, 0.05) is 11.8 Å². The number of carbonyl (C=O) groups is 1. The minimum atomic E-state index is -0.950. The maximum atomic E-state index is 13.1. The fourth-order valence-electron chi connectivity index (χ4n) is 1.78. The highest BCUT2D eigenvalue weighted by Crippen LogP contribution is 2.27. The van der Waals surface area contributed by atoms with E-state index in [1.807, 2.05) is 20.8 Å². The quantitative estimate of drug-likeness (QED) is 0.814. The molecule has 1 aromatic heterocycles. The maximum absolute atomic E-state index is 13.1. The van der Waals surface area contributed by atoms with Crippen molar-refractivity contribution in [2.24, 2.45) is 0 Å². The van der Waals surface area contributed by atoms with Crippen LogP contribution in [0.5, 0.6) is 0 Å². The molecule has 0 fully saturated rings. The second-order valence-electron chi connectivity index (χ2n) is 5.55. The summed E-state index contributed by atoms with van der Waals surface area (Å²) in [5.74, 6) is -2.05. The predicted octanol–water partition coefficient (Wildman–Crippen LogP) is 3.54. The van der Waals surface area contributed by atoms with E-state index in [1.165, 1.54) is 6.07 Å². The number of hydrogen-bond acceptors (Lipinski definition) is 4. The molecule has 106 valence electrons. The highest BCUT2D eigenvalue weighted by Gasteiger charge is 2.26. The van der Waals surface area contributed by atoms with Gasteiger partial charge in [0.05, 0.1) is 5.69 Å². The van der Waals surface area contributed by atoms with E-state index in [1.54, 1.807) is 0 Å². The normalized spacial score (nSPS) is 11.7. The lowest BCUT2D eigenvalue weighted by Crippen LogP contribution is -2.17. The lowest BCUT2D eigenvalue weighted by atomic mass is 9.90. The molecule has 2 rings (SSSR count). The van der Waals surface area contributed by atoms with Crippen LogP contribution >= 0.6 is 11.5 Å². The third-order valence-electron chi connectivity index (χ3n) is 2.80. The van der Waals surface area contributed by atoms with Gasteiger partial charge < -0.3 is 0 Å². The first kappa shape index (κ1) is 14.7. The molecule has 0 spiro atoms. The van der Waals surface area contributed by atoms with E-state index in [4.69, 9.17) is 0 Å². The van der Waals surface area contributed by atoms with Gasteiger partial charge in [0.25, 0.3) is 0 Å². The Kier molecular flexibility index (Phi) is 3.94. The fourth-order valence-corrected chi connectivity index (χ4v) is 2.59. The Balaban J connectivity index is 2.25. The summed E-state index contributed by atoms with van der Waals surface area (Å²) in [5, 5.41) is 4.00. The first-order valence-electron chi connectivity index (χ1n) is 6.09. The Morgan fingerprint density at radius 2 is 1.95 bits per heavy atom. The molecule has 2 aromatic rings. The van der Waals surface area contributed by atoms with Crippen LogP contribution in [0.15, 0.2) is 18.2 Å². The average Bonchev–Trinajstić information content (AvgIpc) is 2.83. The number of Topliss-reactive ketones (excluding diaryl/α,β-unsaturated/α-hetero) is 1. The predicted molar refractivity (Wildman–Crippen MR) is 73.0 cm³/mol. The van der Waals surface area contributed by atoms with Crippen LogP contribution < -0.4 is 0 Å². The van der Waals surface area contributed by atoms with Crippen LogP contribution in [0.4, 0.5) is 8.78 Å². The van der Waals surface area contributed by atoms with Gasteiger partial charge in [-0.25, -0.2) is 8.78 Å².